The topological polar surface area (TPSA) is 80.2 Å². The van der Waals surface area contributed by atoms with Crippen molar-refractivity contribution in [1.29, 1.82) is 0 Å². The molecule has 1 unspecified atom stereocenters. The Morgan fingerprint density at radius 2 is 1.90 bits per heavy atom. The summed E-state index contributed by atoms with van der Waals surface area (Å²) in [7, 11) is 1.87. The Labute approximate surface area is 171 Å². The van der Waals surface area contributed by atoms with E-state index < -0.39 is 17.8 Å². The van der Waals surface area contributed by atoms with E-state index >= 15 is 0 Å². The van der Waals surface area contributed by atoms with E-state index in [1.54, 1.807) is 6.20 Å². The molecule has 0 saturated carbocycles. The zero-order valence-electron chi connectivity index (χ0n) is 16.4. The molecular weight excluding hydrogens is 399 g/mol. The lowest BCUT2D eigenvalue weighted by Gasteiger charge is -2.33. The minimum Gasteiger partial charge on any atom is -0.385 e. The van der Waals surface area contributed by atoms with Gasteiger partial charge in [-0.15, -0.1) is 0 Å². The highest BCUT2D eigenvalue weighted by molar-refractivity contribution is 5.54. The van der Waals surface area contributed by atoms with Crippen LogP contribution in [0.3, 0.4) is 0 Å². The molecule has 0 radical (unpaired) electrons. The second-order valence-electron chi connectivity index (χ2n) is 7.54. The third kappa shape index (κ3) is 4.39. The third-order valence-electron chi connectivity index (χ3n) is 5.50. The van der Waals surface area contributed by atoms with Crippen LogP contribution >= 0.6 is 0 Å². The van der Waals surface area contributed by atoms with E-state index in [4.69, 9.17) is 4.52 Å². The molecule has 1 aromatic carbocycles. The monoisotopic (exact) mass is 421 g/mol. The summed E-state index contributed by atoms with van der Waals surface area (Å²) in [5.74, 6) is 1.48. The van der Waals surface area contributed by atoms with E-state index in [9.17, 15) is 18.3 Å². The molecule has 0 bridgehead atoms. The van der Waals surface area contributed by atoms with Gasteiger partial charge in [0.2, 0.25) is 11.7 Å². The Hall–Kier alpha value is -2.72. The van der Waals surface area contributed by atoms with Gasteiger partial charge in [-0.25, -0.2) is 4.98 Å². The summed E-state index contributed by atoms with van der Waals surface area (Å²) >= 11 is 0. The van der Waals surface area contributed by atoms with Crippen molar-refractivity contribution in [3.8, 4) is 11.4 Å². The zero-order valence-corrected chi connectivity index (χ0v) is 16.4. The van der Waals surface area contributed by atoms with Gasteiger partial charge in [0.25, 0.3) is 0 Å². The SMILES string of the molecule is Cn1ccnc1C(O)C1CCN(Cc2nc(-c3ccc(C(F)(F)F)cc3)no2)CC1. The van der Waals surface area contributed by atoms with Crippen molar-refractivity contribution in [3.05, 3.63) is 53.9 Å². The van der Waals surface area contributed by atoms with Crippen molar-refractivity contribution in [1.82, 2.24) is 24.6 Å². The normalized spacial score (nSPS) is 17.4. The molecule has 0 amide bonds. The van der Waals surface area contributed by atoms with Gasteiger partial charge < -0.3 is 14.2 Å². The molecule has 1 aliphatic rings. The maximum absolute atomic E-state index is 12.7. The molecule has 1 saturated heterocycles. The summed E-state index contributed by atoms with van der Waals surface area (Å²) in [4.78, 5) is 10.7. The van der Waals surface area contributed by atoms with Crippen molar-refractivity contribution in [2.75, 3.05) is 13.1 Å². The Bertz CT molecular complexity index is 975. The van der Waals surface area contributed by atoms with Crippen LogP contribution < -0.4 is 0 Å². The van der Waals surface area contributed by atoms with Crippen LogP contribution in [0, 0.1) is 5.92 Å². The molecule has 0 aliphatic carbocycles. The summed E-state index contributed by atoms with van der Waals surface area (Å²) in [6, 6.07) is 4.68. The Balaban J connectivity index is 1.33. The molecule has 3 heterocycles. The number of likely N-dealkylation sites (tertiary alicyclic amines) is 1. The van der Waals surface area contributed by atoms with E-state index in [1.165, 1.54) is 12.1 Å². The zero-order chi connectivity index (χ0) is 21.3. The van der Waals surface area contributed by atoms with Crippen LogP contribution in [0.2, 0.25) is 0 Å². The van der Waals surface area contributed by atoms with Gasteiger partial charge in [0, 0.05) is 25.0 Å². The van der Waals surface area contributed by atoms with Gasteiger partial charge in [-0.2, -0.15) is 18.2 Å². The standard InChI is InChI=1S/C20H22F3N5O2/c1-27-11-8-24-19(27)17(29)13-6-9-28(10-7-13)12-16-25-18(26-30-16)14-2-4-15(5-3-14)20(21,22)23/h2-5,8,11,13,17,29H,6-7,9-10,12H2,1H3. The number of aliphatic hydroxyl groups is 1. The van der Waals surface area contributed by atoms with E-state index in [0.29, 0.717) is 23.8 Å². The maximum Gasteiger partial charge on any atom is 0.416 e. The Morgan fingerprint density at radius 3 is 2.50 bits per heavy atom. The van der Waals surface area contributed by atoms with Crippen LogP contribution in [0.5, 0.6) is 0 Å². The molecule has 7 nitrogen and oxygen atoms in total. The number of halogens is 3. The van der Waals surface area contributed by atoms with Crippen molar-refractivity contribution >= 4 is 0 Å². The number of rotatable bonds is 5. The summed E-state index contributed by atoms with van der Waals surface area (Å²) in [5.41, 5.74) is -0.250. The van der Waals surface area contributed by atoms with E-state index in [0.717, 1.165) is 38.1 Å². The molecule has 3 aromatic rings. The lowest BCUT2D eigenvalue weighted by molar-refractivity contribution is -0.137. The fourth-order valence-electron chi connectivity index (χ4n) is 3.74. The fourth-order valence-corrected chi connectivity index (χ4v) is 3.74. The van der Waals surface area contributed by atoms with Crippen LogP contribution in [-0.4, -0.2) is 42.8 Å². The summed E-state index contributed by atoms with van der Waals surface area (Å²) < 4.78 is 45.2. The van der Waals surface area contributed by atoms with Crippen LogP contribution in [0.4, 0.5) is 13.2 Å². The van der Waals surface area contributed by atoms with Gasteiger partial charge in [0.05, 0.1) is 12.1 Å². The predicted octanol–water partition coefficient (Wildman–Crippen LogP) is 3.43. The molecule has 160 valence electrons. The number of piperidine rings is 1. The minimum atomic E-state index is -4.38. The summed E-state index contributed by atoms with van der Waals surface area (Å²) in [5, 5.41) is 14.5. The van der Waals surface area contributed by atoms with Crippen LogP contribution in [0.25, 0.3) is 11.4 Å². The third-order valence-corrected chi connectivity index (χ3v) is 5.50. The maximum atomic E-state index is 12.7. The molecule has 1 aliphatic heterocycles. The number of aliphatic hydroxyl groups excluding tert-OH is 1. The first-order valence-electron chi connectivity index (χ1n) is 9.69. The molecule has 1 N–H and O–H groups in total. The number of alkyl halides is 3. The number of hydrogen-bond donors (Lipinski definition) is 1. The van der Waals surface area contributed by atoms with E-state index in [2.05, 4.69) is 20.0 Å². The smallest absolute Gasteiger partial charge is 0.385 e. The summed E-state index contributed by atoms with van der Waals surface area (Å²) in [6.07, 6.45) is 0.148. The molecule has 4 rings (SSSR count). The lowest BCUT2D eigenvalue weighted by Crippen LogP contribution is -2.35. The molecule has 30 heavy (non-hydrogen) atoms. The van der Waals surface area contributed by atoms with E-state index in [-0.39, 0.29) is 11.7 Å². The first kappa shape index (κ1) is 20.5. The molecule has 2 aromatic heterocycles. The van der Waals surface area contributed by atoms with Gasteiger partial charge in [0.1, 0.15) is 11.9 Å². The summed E-state index contributed by atoms with van der Waals surface area (Å²) in [6.45, 7) is 1.99. The lowest BCUT2D eigenvalue weighted by atomic mass is 9.91. The number of hydrogen-bond acceptors (Lipinski definition) is 6. The quantitative estimate of drug-likeness (QED) is 0.680. The van der Waals surface area contributed by atoms with Crippen molar-refractivity contribution < 1.29 is 22.8 Å². The number of benzene rings is 1. The highest BCUT2D eigenvalue weighted by Crippen LogP contribution is 2.31. The van der Waals surface area contributed by atoms with Gasteiger partial charge in [-0.1, -0.05) is 17.3 Å². The van der Waals surface area contributed by atoms with Gasteiger partial charge >= 0.3 is 6.18 Å². The number of aromatic nitrogens is 4. The van der Waals surface area contributed by atoms with Crippen LogP contribution in [-0.2, 0) is 19.8 Å². The second kappa shape index (κ2) is 8.19. The molecule has 1 fully saturated rings. The highest BCUT2D eigenvalue weighted by Gasteiger charge is 2.31. The Kier molecular flexibility index (Phi) is 5.61. The largest absolute Gasteiger partial charge is 0.416 e. The van der Waals surface area contributed by atoms with Crippen molar-refractivity contribution in [3.63, 3.8) is 0 Å². The highest BCUT2D eigenvalue weighted by atomic mass is 19.4. The second-order valence-corrected chi connectivity index (χ2v) is 7.54. The van der Waals surface area contributed by atoms with E-state index in [1.807, 2.05) is 17.8 Å². The average Bonchev–Trinajstić information content (AvgIpc) is 3.36. The minimum absolute atomic E-state index is 0.132. The molecule has 0 spiro atoms. The molecule has 10 heteroatoms. The number of nitrogens with zero attached hydrogens (tertiary/aromatic N) is 5. The van der Waals surface area contributed by atoms with Crippen molar-refractivity contribution in [2.24, 2.45) is 13.0 Å². The Morgan fingerprint density at radius 1 is 1.20 bits per heavy atom. The molecular formula is C20H22F3N5O2. The molecule has 1 atom stereocenters. The van der Waals surface area contributed by atoms with Gasteiger partial charge in [0.15, 0.2) is 0 Å². The number of aryl methyl sites for hydroxylation is 1. The number of imidazole rings is 1. The fraction of sp³-hybridized carbons (Fsp3) is 0.450. The van der Waals surface area contributed by atoms with Gasteiger partial charge in [-0.3, -0.25) is 4.90 Å². The van der Waals surface area contributed by atoms with Crippen LogP contribution in [0.1, 0.15) is 36.2 Å². The average molecular weight is 421 g/mol. The predicted molar refractivity (Wildman–Crippen MR) is 101 cm³/mol. The van der Waals surface area contributed by atoms with Crippen molar-refractivity contribution in [2.45, 2.75) is 31.7 Å². The first-order chi connectivity index (χ1) is 14.3. The van der Waals surface area contributed by atoms with Gasteiger partial charge in [-0.05, 0) is 44.0 Å². The first-order valence-corrected chi connectivity index (χ1v) is 9.69. The van der Waals surface area contributed by atoms with Crippen LogP contribution in [0.15, 0.2) is 41.2 Å².